The molecule has 0 aliphatic carbocycles. The van der Waals surface area contributed by atoms with Gasteiger partial charge < -0.3 is 9.64 Å². The van der Waals surface area contributed by atoms with Gasteiger partial charge in [0.25, 0.3) is 0 Å². The van der Waals surface area contributed by atoms with Gasteiger partial charge in [0.15, 0.2) is 0 Å². The third kappa shape index (κ3) is 5.01. The molecule has 1 fully saturated rings. The average molecular weight is 372 g/mol. The van der Waals surface area contributed by atoms with Gasteiger partial charge in [-0.1, -0.05) is 42.3 Å². The average Bonchev–Trinajstić information content (AvgIpc) is 2.93. The van der Waals surface area contributed by atoms with Crippen molar-refractivity contribution in [3.05, 3.63) is 64.7 Å². The first-order chi connectivity index (χ1) is 12.7. The molecule has 0 bridgehead atoms. The van der Waals surface area contributed by atoms with Crippen molar-refractivity contribution in [3.63, 3.8) is 0 Å². The summed E-state index contributed by atoms with van der Waals surface area (Å²) >= 11 is 6.01. The molecule has 0 spiro atoms. The van der Waals surface area contributed by atoms with E-state index in [4.69, 9.17) is 16.3 Å². The van der Waals surface area contributed by atoms with Crippen LogP contribution in [0.2, 0.25) is 5.02 Å². The van der Waals surface area contributed by atoms with E-state index in [1.165, 1.54) is 11.1 Å². The number of nitrogens with zero attached hydrogens (tertiary/aromatic N) is 1. The van der Waals surface area contributed by atoms with E-state index in [1.54, 1.807) is 7.11 Å². The van der Waals surface area contributed by atoms with E-state index in [-0.39, 0.29) is 5.91 Å². The largest absolute Gasteiger partial charge is 0.497 e. The molecule has 1 atom stereocenters. The van der Waals surface area contributed by atoms with E-state index < -0.39 is 0 Å². The van der Waals surface area contributed by atoms with Gasteiger partial charge in [-0.15, -0.1) is 0 Å². The fourth-order valence-electron chi connectivity index (χ4n) is 3.58. The minimum absolute atomic E-state index is 0.252. The van der Waals surface area contributed by atoms with Crippen LogP contribution < -0.4 is 4.74 Å². The molecular formula is C22H26ClNO2. The lowest BCUT2D eigenvalue weighted by Gasteiger charge is -2.25. The summed E-state index contributed by atoms with van der Waals surface area (Å²) in [4.78, 5) is 14.8. The topological polar surface area (TPSA) is 29.5 Å². The Bertz CT molecular complexity index is 712. The maximum atomic E-state index is 12.8. The molecule has 1 saturated heterocycles. The number of ether oxygens (including phenoxy) is 1. The Labute approximate surface area is 160 Å². The number of carbonyl (C=O) groups excluding carboxylic acids is 1. The molecule has 4 heteroatoms. The number of aryl methyl sites for hydroxylation is 1. The molecule has 1 unspecified atom stereocenters. The molecule has 138 valence electrons. The smallest absolute Gasteiger partial charge is 0.222 e. The molecule has 2 aromatic carbocycles. The highest BCUT2D eigenvalue weighted by atomic mass is 35.5. The van der Waals surface area contributed by atoms with Crippen LogP contribution in [0, 0.1) is 0 Å². The molecule has 0 saturated carbocycles. The molecule has 1 aliphatic rings. The Balaban J connectivity index is 1.59. The highest BCUT2D eigenvalue weighted by molar-refractivity contribution is 6.30. The van der Waals surface area contributed by atoms with Crippen molar-refractivity contribution >= 4 is 17.5 Å². The van der Waals surface area contributed by atoms with E-state index in [1.807, 2.05) is 36.4 Å². The van der Waals surface area contributed by atoms with Crippen molar-refractivity contribution in [2.45, 2.75) is 38.0 Å². The minimum atomic E-state index is 0.252. The molecule has 0 radical (unpaired) electrons. The van der Waals surface area contributed by atoms with E-state index in [0.29, 0.717) is 12.3 Å². The summed E-state index contributed by atoms with van der Waals surface area (Å²) in [5, 5.41) is 0.759. The number of carbonyl (C=O) groups is 1. The number of rotatable bonds is 5. The summed E-state index contributed by atoms with van der Waals surface area (Å²) in [6, 6.07) is 16.0. The zero-order valence-corrected chi connectivity index (χ0v) is 16.0. The van der Waals surface area contributed by atoms with Crippen molar-refractivity contribution in [1.29, 1.82) is 0 Å². The molecule has 3 nitrogen and oxygen atoms in total. The Morgan fingerprint density at radius 1 is 1.12 bits per heavy atom. The van der Waals surface area contributed by atoms with Gasteiger partial charge in [-0.25, -0.2) is 0 Å². The number of hydrogen-bond donors (Lipinski definition) is 0. The van der Waals surface area contributed by atoms with Crippen molar-refractivity contribution < 1.29 is 9.53 Å². The highest BCUT2D eigenvalue weighted by Crippen LogP contribution is 2.28. The maximum Gasteiger partial charge on any atom is 0.222 e. The number of likely N-dealkylation sites (tertiary alicyclic amines) is 1. The molecular weight excluding hydrogens is 346 g/mol. The second-order valence-corrected chi connectivity index (χ2v) is 7.37. The zero-order chi connectivity index (χ0) is 18.4. The van der Waals surface area contributed by atoms with Crippen LogP contribution in [0.15, 0.2) is 48.5 Å². The molecule has 1 amide bonds. The molecule has 1 aliphatic heterocycles. The van der Waals surface area contributed by atoms with Crippen LogP contribution in [0.5, 0.6) is 5.75 Å². The molecule has 0 aromatic heterocycles. The molecule has 1 heterocycles. The van der Waals surface area contributed by atoms with Crippen molar-refractivity contribution in [2.75, 3.05) is 20.2 Å². The molecule has 0 N–H and O–H groups in total. The first-order valence-electron chi connectivity index (χ1n) is 9.32. The molecule has 26 heavy (non-hydrogen) atoms. The fourth-order valence-corrected chi connectivity index (χ4v) is 3.70. The normalized spacial score (nSPS) is 17.6. The summed E-state index contributed by atoms with van der Waals surface area (Å²) in [7, 11) is 1.66. The van der Waals surface area contributed by atoms with E-state index in [2.05, 4.69) is 17.0 Å². The van der Waals surface area contributed by atoms with Gasteiger partial charge >= 0.3 is 0 Å². The lowest BCUT2D eigenvalue weighted by molar-refractivity contribution is -0.131. The lowest BCUT2D eigenvalue weighted by atomic mass is 9.94. The monoisotopic (exact) mass is 371 g/mol. The van der Waals surface area contributed by atoms with E-state index in [9.17, 15) is 4.79 Å². The van der Waals surface area contributed by atoms with E-state index in [0.717, 1.165) is 49.5 Å². The number of halogens is 1. The van der Waals surface area contributed by atoms with Crippen LogP contribution in [-0.2, 0) is 11.2 Å². The van der Waals surface area contributed by atoms with Gasteiger partial charge in [-0.2, -0.15) is 0 Å². The highest BCUT2D eigenvalue weighted by Gasteiger charge is 2.23. The number of methoxy groups -OCH3 is 1. The van der Waals surface area contributed by atoms with Crippen molar-refractivity contribution in [1.82, 2.24) is 4.90 Å². The molecule has 3 rings (SSSR count). The fraction of sp³-hybridized carbons (Fsp3) is 0.409. The standard InChI is InChI=1S/C22H26ClNO2/c1-26-21-12-5-17(6-13-21)7-14-22(25)24-15-3-2-4-19(16-24)18-8-10-20(23)11-9-18/h5-6,8-13,19H,2-4,7,14-16H2,1H3. The van der Waals surface area contributed by atoms with Crippen LogP contribution in [-0.4, -0.2) is 31.0 Å². The van der Waals surface area contributed by atoms with Gasteiger partial charge in [0.1, 0.15) is 5.75 Å². The lowest BCUT2D eigenvalue weighted by Crippen LogP contribution is -2.34. The van der Waals surface area contributed by atoms with Crippen LogP contribution in [0.25, 0.3) is 0 Å². The number of amides is 1. The van der Waals surface area contributed by atoms with Crippen LogP contribution in [0.3, 0.4) is 0 Å². The van der Waals surface area contributed by atoms with Crippen molar-refractivity contribution in [2.24, 2.45) is 0 Å². The van der Waals surface area contributed by atoms with Gasteiger partial charge in [0.2, 0.25) is 5.91 Å². The summed E-state index contributed by atoms with van der Waals surface area (Å²) < 4.78 is 5.18. The van der Waals surface area contributed by atoms with E-state index >= 15 is 0 Å². The van der Waals surface area contributed by atoms with Gasteiger partial charge in [-0.05, 0) is 54.7 Å². The third-order valence-corrected chi connectivity index (χ3v) is 5.40. The molecule has 2 aromatic rings. The van der Waals surface area contributed by atoms with Gasteiger partial charge in [0, 0.05) is 30.5 Å². The quantitative estimate of drug-likeness (QED) is 0.733. The van der Waals surface area contributed by atoms with Gasteiger partial charge in [0.05, 0.1) is 7.11 Å². The first kappa shape index (κ1) is 18.8. The summed E-state index contributed by atoms with van der Waals surface area (Å²) in [6.07, 6.45) is 4.70. The summed E-state index contributed by atoms with van der Waals surface area (Å²) in [5.41, 5.74) is 2.45. The second kappa shape index (κ2) is 9.09. The Morgan fingerprint density at radius 2 is 1.85 bits per heavy atom. The van der Waals surface area contributed by atoms with Gasteiger partial charge in [-0.3, -0.25) is 4.79 Å². The first-order valence-corrected chi connectivity index (χ1v) is 9.69. The minimum Gasteiger partial charge on any atom is -0.497 e. The van der Waals surface area contributed by atoms with Crippen molar-refractivity contribution in [3.8, 4) is 5.75 Å². The number of hydrogen-bond acceptors (Lipinski definition) is 2. The summed E-state index contributed by atoms with van der Waals surface area (Å²) in [6.45, 7) is 1.68. The second-order valence-electron chi connectivity index (χ2n) is 6.93. The SMILES string of the molecule is COc1ccc(CCC(=O)N2CCCCC(c3ccc(Cl)cc3)C2)cc1. The summed E-state index contributed by atoms with van der Waals surface area (Å²) in [5.74, 6) is 1.50. The Hall–Kier alpha value is -2.00. The maximum absolute atomic E-state index is 12.8. The Kier molecular flexibility index (Phi) is 6.56. The zero-order valence-electron chi connectivity index (χ0n) is 15.3. The third-order valence-electron chi connectivity index (χ3n) is 5.15. The predicted octanol–water partition coefficient (Wildman–Crippen LogP) is 5.08. The van der Waals surface area contributed by atoms with Crippen LogP contribution >= 0.6 is 11.6 Å². The van der Waals surface area contributed by atoms with Crippen LogP contribution in [0.1, 0.15) is 42.7 Å². The predicted molar refractivity (Wildman–Crippen MR) is 106 cm³/mol. The number of benzene rings is 2. The Morgan fingerprint density at radius 3 is 2.54 bits per heavy atom. The van der Waals surface area contributed by atoms with Crippen LogP contribution in [0.4, 0.5) is 0 Å².